The number of Topliss-reactive ketones (excluding diaryl/α,β-unsaturated/α-hetero) is 1. The molecule has 1 unspecified atom stereocenters. The number of hydrogen-bond acceptors (Lipinski definition) is 8. The zero-order valence-electron chi connectivity index (χ0n) is 22.7. The highest BCUT2D eigenvalue weighted by molar-refractivity contribution is 7.98. The molecule has 0 saturated carbocycles. The Morgan fingerprint density at radius 1 is 1.12 bits per heavy atom. The van der Waals surface area contributed by atoms with Crippen molar-refractivity contribution in [3.8, 4) is 0 Å². The number of thioether (sulfide) groups is 1. The quantitative estimate of drug-likeness (QED) is 0.221. The van der Waals surface area contributed by atoms with Gasteiger partial charge in [0.1, 0.15) is 6.04 Å². The van der Waals surface area contributed by atoms with Gasteiger partial charge >= 0.3 is 5.97 Å². The fourth-order valence-electron chi connectivity index (χ4n) is 5.25. The third-order valence-corrected chi connectivity index (χ3v) is 7.84. The number of aromatic nitrogens is 1. The average molecular weight is 564 g/mol. The lowest BCUT2D eigenvalue weighted by Gasteiger charge is -2.35. The fourth-order valence-corrected chi connectivity index (χ4v) is 5.72. The van der Waals surface area contributed by atoms with Crippen LogP contribution in [0.1, 0.15) is 24.8 Å². The number of rotatable bonds is 15. The average Bonchev–Trinajstić information content (AvgIpc) is 3.49. The van der Waals surface area contributed by atoms with E-state index in [1.165, 1.54) is 11.8 Å². The molecule has 0 radical (unpaired) electrons. The minimum absolute atomic E-state index is 0.0404. The molecular weight excluding hydrogens is 526 g/mol. The van der Waals surface area contributed by atoms with Gasteiger partial charge in [-0.2, -0.15) is 11.8 Å². The number of carboxylic acids is 1. The molecule has 1 saturated heterocycles. The van der Waals surface area contributed by atoms with Crippen LogP contribution < -0.4 is 16.0 Å². The van der Waals surface area contributed by atoms with Crippen LogP contribution in [0.2, 0.25) is 0 Å². The van der Waals surface area contributed by atoms with E-state index in [1.54, 1.807) is 24.5 Å². The first-order valence-electron chi connectivity index (χ1n) is 13.6. The molecule has 4 rings (SSSR count). The summed E-state index contributed by atoms with van der Waals surface area (Å²) in [6, 6.07) is 16.0. The molecule has 1 aliphatic rings. The lowest BCUT2D eigenvalue weighted by molar-refractivity contribution is -0.142. The number of anilines is 1. The van der Waals surface area contributed by atoms with Crippen molar-refractivity contribution in [1.82, 2.24) is 20.5 Å². The maximum Gasteiger partial charge on any atom is 0.326 e. The minimum Gasteiger partial charge on any atom is -0.480 e. The van der Waals surface area contributed by atoms with Crippen molar-refractivity contribution in [2.45, 2.75) is 43.9 Å². The molecule has 40 heavy (non-hydrogen) atoms. The Balaban J connectivity index is 1.62. The largest absolute Gasteiger partial charge is 0.480 e. The van der Waals surface area contributed by atoms with E-state index in [-0.39, 0.29) is 24.9 Å². The molecule has 10 heteroatoms. The van der Waals surface area contributed by atoms with Crippen molar-refractivity contribution < 1.29 is 19.5 Å². The molecule has 0 aliphatic carbocycles. The van der Waals surface area contributed by atoms with E-state index in [0.717, 1.165) is 41.4 Å². The summed E-state index contributed by atoms with van der Waals surface area (Å²) in [5.74, 6) is -0.896. The standard InChI is InChI=1S/C30H37N5O4S/c1-40-17-13-26(30(38)39)34-28(37)20-35(19-22-8-4-7-21-6-2-3-9-24(21)22)29(25-10-5-14-32-25)27(36)18-33-23-11-15-31-16-12-23/h2-4,6-9,11-12,15-16,25-26,29,32H,5,10,13-14,17-20H2,1H3,(H,31,33)(H,34,37)(H,38,39)/t25-,26-,29?/m0/s1. The monoisotopic (exact) mass is 563 g/mol. The first kappa shape index (κ1) is 29.5. The molecule has 9 nitrogen and oxygen atoms in total. The molecule has 2 heterocycles. The predicted molar refractivity (Wildman–Crippen MR) is 159 cm³/mol. The number of nitrogens with one attached hydrogen (secondary N) is 3. The fraction of sp³-hybridized carbons (Fsp3) is 0.400. The minimum atomic E-state index is -1.06. The molecule has 1 aromatic heterocycles. The summed E-state index contributed by atoms with van der Waals surface area (Å²) in [6.45, 7) is 1.15. The van der Waals surface area contributed by atoms with Crippen LogP contribution in [0.4, 0.5) is 5.69 Å². The molecule has 2 aromatic carbocycles. The van der Waals surface area contributed by atoms with Gasteiger partial charge in [0.25, 0.3) is 0 Å². The first-order chi connectivity index (χ1) is 19.5. The van der Waals surface area contributed by atoms with Gasteiger partial charge < -0.3 is 21.1 Å². The number of carbonyl (C=O) groups is 3. The summed E-state index contributed by atoms with van der Waals surface area (Å²) in [7, 11) is 0. The number of carbonyl (C=O) groups excluding carboxylic acids is 2. The molecule has 1 fully saturated rings. The molecule has 0 bridgehead atoms. The highest BCUT2D eigenvalue weighted by Crippen LogP contribution is 2.24. The van der Waals surface area contributed by atoms with E-state index in [4.69, 9.17) is 0 Å². The highest BCUT2D eigenvalue weighted by atomic mass is 32.2. The predicted octanol–water partition coefficient (Wildman–Crippen LogP) is 3.16. The van der Waals surface area contributed by atoms with Gasteiger partial charge in [-0.3, -0.25) is 19.5 Å². The van der Waals surface area contributed by atoms with Crippen LogP contribution in [-0.2, 0) is 20.9 Å². The van der Waals surface area contributed by atoms with Crippen LogP contribution >= 0.6 is 11.8 Å². The van der Waals surface area contributed by atoms with Crippen molar-refractivity contribution in [3.63, 3.8) is 0 Å². The van der Waals surface area contributed by atoms with Gasteiger partial charge in [-0.1, -0.05) is 42.5 Å². The van der Waals surface area contributed by atoms with Gasteiger partial charge in [0, 0.05) is 30.7 Å². The zero-order chi connectivity index (χ0) is 28.3. The molecule has 3 atom stereocenters. The normalized spacial score (nSPS) is 16.5. The number of nitrogens with zero attached hydrogens (tertiary/aromatic N) is 2. The Hall–Kier alpha value is -3.47. The van der Waals surface area contributed by atoms with Gasteiger partial charge in [0.2, 0.25) is 5.91 Å². The molecule has 0 spiro atoms. The molecule has 212 valence electrons. The van der Waals surface area contributed by atoms with Gasteiger partial charge in [0.15, 0.2) is 5.78 Å². The molecule has 4 N–H and O–H groups in total. The smallest absolute Gasteiger partial charge is 0.326 e. The summed E-state index contributed by atoms with van der Waals surface area (Å²) < 4.78 is 0. The van der Waals surface area contributed by atoms with Gasteiger partial charge in [0.05, 0.1) is 19.1 Å². The van der Waals surface area contributed by atoms with Crippen LogP contribution in [0.3, 0.4) is 0 Å². The van der Waals surface area contributed by atoms with Crippen LogP contribution in [0.25, 0.3) is 10.8 Å². The van der Waals surface area contributed by atoms with Crippen molar-refractivity contribution in [2.24, 2.45) is 0 Å². The van der Waals surface area contributed by atoms with Crippen molar-refractivity contribution in [1.29, 1.82) is 0 Å². The number of pyridine rings is 1. The summed E-state index contributed by atoms with van der Waals surface area (Å²) in [4.78, 5) is 44.9. The first-order valence-corrected chi connectivity index (χ1v) is 15.0. The van der Waals surface area contributed by atoms with Crippen molar-refractivity contribution in [2.75, 3.05) is 37.0 Å². The Morgan fingerprint density at radius 3 is 2.62 bits per heavy atom. The lowest BCUT2D eigenvalue weighted by atomic mass is 9.97. The van der Waals surface area contributed by atoms with E-state index < -0.39 is 24.0 Å². The number of carboxylic acid groups (broad SMARTS) is 1. The van der Waals surface area contributed by atoms with Gasteiger partial charge in [-0.05, 0) is 66.3 Å². The number of fused-ring (bicyclic) bond motifs is 1. The third-order valence-electron chi connectivity index (χ3n) is 7.19. The molecule has 1 amide bonds. The maximum absolute atomic E-state index is 13.9. The van der Waals surface area contributed by atoms with Crippen molar-refractivity contribution in [3.05, 3.63) is 72.6 Å². The van der Waals surface area contributed by atoms with Crippen LogP contribution in [0, 0.1) is 0 Å². The van der Waals surface area contributed by atoms with Crippen molar-refractivity contribution >= 4 is 45.9 Å². The van der Waals surface area contributed by atoms with E-state index in [2.05, 4.69) is 20.9 Å². The van der Waals surface area contributed by atoms with E-state index in [0.29, 0.717) is 18.7 Å². The summed E-state index contributed by atoms with van der Waals surface area (Å²) >= 11 is 1.53. The lowest BCUT2D eigenvalue weighted by Crippen LogP contribution is -2.56. The number of hydrogen-bond donors (Lipinski definition) is 4. The number of ketones is 1. The number of aliphatic carboxylic acids is 1. The topological polar surface area (TPSA) is 124 Å². The SMILES string of the molecule is CSCC[C@H](NC(=O)CN(Cc1cccc2ccccc12)C(C(=O)CNc1ccncc1)[C@@H]1CCCN1)C(=O)O. The highest BCUT2D eigenvalue weighted by Gasteiger charge is 2.36. The number of amides is 1. The summed E-state index contributed by atoms with van der Waals surface area (Å²) in [6.07, 6.45) is 7.30. The second-order valence-electron chi connectivity index (χ2n) is 9.99. The second-order valence-corrected chi connectivity index (χ2v) is 11.0. The Bertz CT molecular complexity index is 1280. The number of benzene rings is 2. The van der Waals surface area contributed by atoms with Crippen LogP contribution in [-0.4, -0.2) is 82.4 Å². The zero-order valence-corrected chi connectivity index (χ0v) is 23.5. The van der Waals surface area contributed by atoms with E-state index >= 15 is 0 Å². The summed E-state index contributed by atoms with van der Waals surface area (Å²) in [5.41, 5.74) is 1.79. The molecule has 1 aliphatic heterocycles. The molecular formula is C30H37N5O4S. The van der Waals surface area contributed by atoms with Gasteiger partial charge in [-0.15, -0.1) is 0 Å². The summed E-state index contributed by atoms with van der Waals surface area (Å²) in [5, 5.41) is 21.2. The van der Waals surface area contributed by atoms with E-state index in [1.807, 2.05) is 53.6 Å². The Labute approximate surface area is 239 Å². The van der Waals surface area contributed by atoms with E-state index in [9.17, 15) is 19.5 Å². The van der Waals surface area contributed by atoms with Crippen LogP contribution in [0.15, 0.2) is 67.0 Å². The second kappa shape index (κ2) is 14.8. The van der Waals surface area contributed by atoms with Gasteiger partial charge in [-0.25, -0.2) is 4.79 Å². The third kappa shape index (κ3) is 8.03. The maximum atomic E-state index is 13.9. The van der Waals surface area contributed by atoms with Crippen LogP contribution in [0.5, 0.6) is 0 Å². The Kier molecular flexibility index (Phi) is 10.9. The Morgan fingerprint density at radius 2 is 1.90 bits per heavy atom. The molecule has 3 aromatic rings.